The van der Waals surface area contributed by atoms with Crippen LogP contribution in [0, 0.1) is 23.5 Å². The number of hydrogen-bond donors (Lipinski definition) is 2. The minimum Gasteiger partial charge on any atom is -0.490 e. The maximum Gasteiger partial charge on any atom is 0.432 e. The SMILES string of the molecule is CC(C)N1CCN(CCOc2ccc(-c3ncc(C(F)(F)F)[nH]3)cc2NC(=O)C#Cc2cc(F)cc(F)c2)CC1. The van der Waals surface area contributed by atoms with Gasteiger partial charge in [0.2, 0.25) is 0 Å². The van der Waals surface area contributed by atoms with Crippen molar-refractivity contribution in [2.45, 2.75) is 26.1 Å². The molecular weight excluding hydrogens is 533 g/mol. The van der Waals surface area contributed by atoms with E-state index < -0.39 is 29.4 Å². The molecule has 212 valence electrons. The fourth-order valence-electron chi connectivity index (χ4n) is 4.21. The molecule has 0 spiro atoms. The van der Waals surface area contributed by atoms with Crippen molar-refractivity contribution in [2.75, 3.05) is 44.6 Å². The van der Waals surface area contributed by atoms with Crippen LogP contribution >= 0.6 is 0 Å². The van der Waals surface area contributed by atoms with Crippen LogP contribution in [0.5, 0.6) is 5.75 Å². The molecule has 1 aliphatic rings. The number of benzene rings is 2. The van der Waals surface area contributed by atoms with Gasteiger partial charge in [0.1, 0.15) is 35.5 Å². The molecule has 4 rings (SSSR count). The van der Waals surface area contributed by atoms with Crippen molar-refractivity contribution in [2.24, 2.45) is 0 Å². The Morgan fingerprint density at radius 1 is 1.10 bits per heavy atom. The molecule has 40 heavy (non-hydrogen) atoms. The molecule has 3 aromatic rings. The number of H-pyrrole nitrogens is 1. The molecule has 1 aromatic heterocycles. The Kier molecular flexibility index (Phi) is 9.07. The monoisotopic (exact) mass is 561 g/mol. The zero-order valence-corrected chi connectivity index (χ0v) is 21.9. The summed E-state index contributed by atoms with van der Waals surface area (Å²) in [5.41, 5.74) is -0.634. The Balaban J connectivity index is 1.50. The lowest BCUT2D eigenvalue weighted by atomic mass is 10.1. The molecule has 2 N–H and O–H groups in total. The highest BCUT2D eigenvalue weighted by Gasteiger charge is 2.33. The van der Waals surface area contributed by atoms with Crippen LogP contribution in [0.15, 0.2) is 42.6 Å². The number of imidazole rings is 1. The minimum atomic E-state index is -4.60. The van der Waals surface area contributed by atoms with E-state index in [4.69, 9.17) is 4.74 Å². The number of ether oxygens (including phenoxy) is 1. The van der Waals surface area contributed by atoms with E-state index in [2.05, 4.69) is 50.8 Å². The van der Waals surface area contributed by atoms with Gasteiger partial charge in [0, 0.05) is 61.9 Å². The van der Waals surface area contributed by atoms with E-state index in [1.165, 1.54) is 18.2 Å². The molecule has 1 saturated heterocycles. The van der Waals surface area contributed by atoms with Crippen molar-refractivity contribution in [1.29, 1.82) is 0 Å². The van der Waals surface area contributed by atoms with E-state index in [0.29, 0.717) is 31.5 Å². The number of aromatic amines is 1. The summed E-state index contributed by atoms with van der Waals surface area (Å²) in [4.78, 5) is 23.3. The van der Waals surface area contributed by atoms with Crippen molar-refractivity contribution >= 4 is 11.6 Å². The molecule has 1 aliphatic heterocycles. The van der Waals surface area contributed by atoms with Gasteiger partial charge in [-0.3, -0.25) is 14.6 Å². The highest BCUT2D eigenvalue weighted by molar-refractivity contribution is 6.05. The summed E-state index contributed by atoms with van der Waals surface area (Å²) in [6.07, 6.45) is -3.92. The lowest BCUT2D eigenvalue weighted by Gasteiger charge is -2.36. The average molecular weight is 562 g/mol. The molecule has 0 atom stereocenters. The number of anilines is 1. The van der Waals surface area contributed by atoms with Gasteiger partial charge < -0.3 is 15.0 Å². The quantitative estimate of drug-likeness (QED) is 0.321. The molecule has 7 nitrogen and oxygen atoms in total. The zero-order valence-electron chi connectivity index (χ0n) is 21.9. The van der Waals surface area contributed by atoms with E-state index in [-0.39, 0.29) is 28.4 Å². The summed E-state index contributed by atoms with van der Waals surface area (Å²) in [6, 6.07) is 7.58. The van der Waals surface area contributed by atoms with Crippen LogP contribution in [0.4, 0.5) is 27.6 Å². The maximum atomic E-state index is 13.4. The van der Waals surface area contributed by atoms with E-state index in [1.54, 1.807) is 0 Å². The number of amides is 1. The fraction of sp³-hybridized carbons (Fsp3) is 0.357. The van der Waals surface area contributed by atoms with Crippen molar-refractivity contribution in [1.82, 2.24) is 19.8 Å². The van der Waals surface area contributed by atoms with Gasteiger partial charge in [-0.1, -0.05) is 5.92 Å². The molecule has 12 heteroatoms. The van der Waals surface area contributed by atoms with Crippen LogP contribution in [-0.4, -0.2) is 71.0 Å². The van der Waals surface area contributed by atoms with Gasteiger partial charge in [-0.15, -0.1) is 0 Å². The number of hydrogen-bond acceptors (Lipinski definition) is 5. The Hall–Kier alpha value is -3.95. The van der Waals surface area contributed by atoms with Gasteiger partial charge in [-0.2, -0.15) is 13.2 Å². The maximum absolute atomic E-state index is 13.4. The van der Waals surface area contributed by atoms with E-state index in [9.17, 15) is 26.7 Å². The molecule has 0 aliphatic carbocycles. The first-order chi connectivity index (χ1) is 19.0. The van der Waals surface area contributed by atoms with E-state index in [1.807, 2.05) is 0 Å². The number of alkyl halides is 3. The summed E-state index contributed by atoms with van der Waals surface area (Å²) in [7, 11) is 0. The topological polar surface area (TPSA) is 73.5 Å². The standard InChI is InChI=1S/C28H28F5N5O2/c1-18(2)38-9-7-37(8-10-38)11-12-40-24-5-4-20(27-34-17-25(36-27)28(31,32)33)15-23(24)35-26(39)6-3-19-13-21(29)16-22(30)14-19/h4-5,13-18H,7-12H2,1-2H3,(H,34,36)(H,35,39). The molecule has 1 fully saturated rings. The first-order valence-corrected chi connectivity index (χ1v) is 12.6. The fourth-order valence-corrected chi connectivity index (χ4v) is 4.21. The molecule has 0 bridgehead atoms. The molecular formula is C28H28F5N5O2. The van der Waals surface area contributed by atoms with Crippen molar-refractivity contribution in [3.63, 3.8) is 0 Å². The molecule has 1 amide bonds. The zero-order chi connectivity index (χ0) is 28.9. The number of aromatic nitrogens is 2. The van der Waals surface area contributed by atoms with Crippen molar-refractivity contribution < 1.29 is 31.5 Å². The highest BCUT2D eigenvalue weighted by Crippen LogP contribution is 2.33. The number of nitrogens with one attached hydrogen (secondary N) is 2. The van der Waals surface area contributed by atoms with E-state index >= 15 is 0 Å². The Bertz CT molecular complexity index is 1380. The lowest BCUT2D eigenvalue weighted by molar-refractivity contribution is -0.140. The van der Waals surface area contributed by atoms with Gasteiger partial charge in [-0.05, 0) is 44.2 Å². The van der Waals surface area contributed by atoms with Crippen LogP contribution in [0.2, 0.25) is 0 Å². The van der Waals surface area contributed by atoms with Gasteiger partial charge in [0.25, 0.3) is 0 Å². The predicted octanol–water partition coefficient (Wildman–Crippen LogP) is 4.77. The number of rotatable bonds is 7. The second-order valence-electron chi connectivity index (χ2n) is 9.54. The smallest absolute Gasteiger partial charge is 0.432 e. The lowest BCUT2D eigenvalue weighted by Crippen LogP contribution is -2.49. The summed E-state index contributed by atoms with van der Waals surface area (Å²) >= 11 is 0. The van der Waals surface area contributed by atoms with Crippen LogP contribution in [0.25, 0.3) is 11.4 Å². The highest BCUT2D eigenvalue weighted by atomic mass is 19.4. The first kappa shape index (κ1) is 29.0. The second-order valence-corrected chi connectivity index (χ2v) is 9.54. The Morgan fingerprint density at radius 2 is 1.80 bits per heavy atom. The number of piperazine rings is 1. The number of carbonyl (C=O) groups is 1. The molecule has 0 unspecified atom stereocenters. The third-order valence-corrected chi connectivity index (χ3v) is 6.37. The molecule has 0 saturated carbocycles. The van der Waals surface area contributed by atoms with Crippen LogP contribution in [0.1, 0.15) is 25.1 Å². The van der Waals surface area contributed by atoms with Gasteiger partial charge >= 0.3 is 12.1 Å². The van der Waals surface area contributed by atoms with Gasteiger partial charge in [0.05, 0.1) is 11.9 Å². The number of nitrogens with zero attached hydrogens (tertiary/aromatic N) is 3. The van der Waals surface area contributed by atoms with Crippen LogP contribution in [0.3, 0.4) is 0 Å². The van der Waals surface area contributed by atoms with Gasteiger partial charge in [-0.25, -0.2) is 13.8 Å². The summed E-state index contributed by atoms with van der Waals surface area (Å²) in [5, 5.41) is 2.55. The van der Waals surface area contributed by atoms with Crippen LogP contribution < -0.4 is 10.1 Å². The first-order valence-electron chi connectivity index (χ1n) is 12.6. The average Bonchev–Trinajstić information content (AvgIpc) is 3.39. The summed E-state index contributed by atoms with van der Waals surface area (Å²) in [5.74, 6) is 2.38. The van der Waals surface area contributed by atoms with Crippen molar-refractivity contribution in [3.05, 3.63) is 65.5 Å². The van der Waals surface area contributed by atoms with Gasteiger partial charge in [0.15, 0.2) is 0 Å². The number of halogens is 5. The summed E-state index contributed by atoms with van der Waals surface area (Å²) in [6.45, 7) is 8.93. The molecule has 0 radical (unpaired) electrons. The largest absolute Gasteiger partial charge is 0.490 e. The second kappa shape index (κ2) is 12.5. The molecule has 2 aromatic carbocycles. The normalized spacial score (nSPS) is 14.6. The number of carbonyl (C=O) groups excluding carboxylic acids is 1. The Morgan fingerprint density at radius 3 is 2.42 bits per heavy atom. The third-order valence-electron chi connectivity index (χ3n) is 6.37. The van der Waals surface area contributed by atoms with Crippen molar-refractivity contribution in [3.8, 4) is 29.0 Å². The predicted molar refractivity (Wildman–Crippen MR) is 140 cm³/mol. The third kappa shape index (κ3) is 7.80. The van der Waals surface area contributed by atoms with E-state index in [0.717, 1.165) is 38.3 Å². The Labute approximate surface area is 228 Å². The van der Waals surface area contributed by atoms with Crippen LogP contribution in [-0.2, 0) is 11.0 Å². The minimum absolute atomic E-state index is 0.0364. The summed E-state index contributed by atoms with van der Waals surface area (Å²) < 4.78 is 71.9. The molecule has 2 heterocycles.